The number of benzene rings is 1. The van der Waals surface area contributed by atoms with Crippen LogP contribution in [0.25, 0.3) is 22.4 Å². The Balaban J connectivity index is 1.73. The Kier molecular flexibility index (Phi) is 5.42. The minimum absolute atomic E-state index is 0.233. The fourth-order valence-corrected chi connectivity index (χ4v) is 3.58. The smallest absolute Gasteiger partial charge is 0.278 e. The van der Waals surface area contributed by atoms with Gasteiger partial charge in [-0.15, -0.1) is 0 Å². The van der Waals surface area contributed by atoms with Gasteiger partial charge in [-0.05, 0) is 44.0 Å². The molecule has 8 heteroatoms. The van der Waals surface area contributed by atoms with Gasteiger partial charge in [0.15, 0.2) is 0 Å². The molecular formula is C21H20ClN5O2. The molecule has 0 bridgehead atoms. The van der Waals surface area contributed by atoms with Crippen molar-refractivity contribution >= 4 is 23.3 Å². The predicted octanol–water partition coefficient (Wildman–Crippen LogP) is 3.92. The van der Waals surface area contributed by atoms with Crippen molar-refractivity contribution in [3.05, 3.63) is 59.1 Å². The molecule has 0 saturated carbocycles. The maximum Gasteiger partial charge on any atom is 0.278 e. The first-order valence-electron chi connectivity index (χ1n) is 9.33. The van der Waals surface area contributed by atoms with Gasteiger partial charge in [-0.3, -0.25) is 9.63 Å². The molecule has 1 amide bonds. The van der Waals surface area contributed by atoms with Crippen molar-refractivity contribution in [3.63, 3.8) is 0 Å². The highest BCUT2D eigenvalue weighted by atomic mass is 35.5. The summed E-state index contributed by atoms with van der Waals surface area (Å²) >= 11 is 6.48. The lowest BCUT2D eigenvalue weighted by Gasteiger charge is -2.26. The number of nitrogens with zero attached hydrogens (tertiary/aromatic N) is 4. The van der Waals surface area contributed by atoms with E-state index in [0.717, 1.165) is 35.2 Å². The summed E-state index contributed by atoms with van der Waals surface area (Å²) in [4.78, 5) is 31.1. The number of halogens is 1. The van der Waals surface area contributed by atoms with E-state index in [1.165, 1.54) is 11.4 Å². The van der Waals surface area contributed by atoms with E-state index in [0.29, 0.717) is 35.2 Å². The highest BCUT2D eigenvalue weighted by molar-refractivity contribution is 6.34. The average molecular weight is 410 g/mol. The SMILES string of the molecule is Cc1ncnc(-c2ccc(C(=O)N3CCCCO3)c(Cl)c2)c1-c1ccc(N)nc1. The maximum absolute atomic E-state index is 12.7. The van der Waals surface area contributed by atoms with Crippen molar-refractivity contribution < 1.29 is 9.63 Å². The van der Waals surface area contributed by atoms with E-state index in [9.17, 15) is 4.79 Å². The molecule has 1 aliphatic rings. The minimum atomic E-state index is -0.233. The third-order valence-corrected chi connectivity index (χ3v) is 5.13. The van der Waals surface area contributed by atoms with Crippen LogP contribution < -0.4 is 5.73 Å². The van der Waals surface area contributed by atoms with E-state index in [4.69, 9.17) is 22.2 Å². The fourth-order valence-electron chi connectivity index (χ4n) is 3.32. The molecule has 1 aliphatic heterocycles. The summed E-state index contributed by atoms with van der Waals surface area (Å²) in [7, 11) is 0. The van der Waals surface area contributed by atoms with E-state index in [-0.39, 0.29) is 5.91 Å². The number of amides is 1. The molecule has 2 aromatic heterocycles. The maximum atomic E-state index is 12.7. The molecule has 0 aliphatic carbocycles. The summed E-state index contributed by atoms with van der Waals surface area (Å²) < 4.78 is 0. The molecule has 1 saturated heterocycles. The van der Waals surface area contributed by atoms with Gasteiger partial charge in [0.25, 0.3) is 5.91 Å². The first-order valence-corrected chi connectivity index (χ1v) is 9.70. The van der Waals surface area contributed by atoms with Gasteiger partial charge < -0.3 is 5.73 Å². The van der Waals surface area contributed by atoms with Gasteiger partial charge in [-0.1, -0.05) is 17.7 Å². The van der Waals surface area contributed by atoms with Crippen LogP contribution in [0.2, 0.25) is 5.02 Å². The Bertz CT molecular complexity index is 1050. The number of pyridine rings is 1. The molecule has 29 heavy (non-hydrogen) atoms. The van der Waals surface area contributed by atoms with Gasteiger partial charge >= 0.3 is 0 Å². The second kappa shape index (κ2) is 8.14. The Morgan fingerprint density at radius 2 is 1.97 bits per heavy atom. The minimum Gasteiger partial charge on any atom is -0.384 e. The zero-order valence-electron chi connectivity index (χ0n) is 15.9. The summed E-state index contributed by atoms with van der Waals surface area (Å²) in [5.74, 6) is 0.207. The lowest BCUT2D eigenvalue weighted by molar-refractivity contribution is -0.144. The molecular weight excluding hydrogens is 390 g/mol. The number of anilines is 1. The Hall–Kier alpha value is -3.03. The van der Waals surface area contributed by atoms with Gasteiger partial charge in [0.1, 0.15) is 12.1 Å². The lowest BCUT2D eigenvalue weighted by atomic mass is 9.98. The Morgan fingerprint density at radius 1 is 1.14 bits per heavy atom. The molecule has 0 spiro atoms. The molecule has 2 N–H and O–H groups in total. The monoisotopic (exact) mass is 409 g/mol. The van der Waals surface area contributed by atoms with E-state index in [1.807, 2.05) is 19.1 Å². The number of hydroxylamine groups is 2. The Labute approximate surface area is 173 Å². The first kappa shape index (κ1) is 19.3. The number of hydrogen-bond donors (Lipinski definition) is 1. The zero-order chi connectivity index (χ0) is 20.4. The van der Waals surface area contributed by atoms with Crippen LogP contribution in [0, 0.1) is 6.92 Å². The molecule has 3 heterocycles. The normalized spacial score (nSPS) is 14.1. The van der Waals surface area contributed by atoms with Gasteiger partial charge in [-0.25, -0.2) is 20.0 Å². The molecule has 0 unspecified atom stereocenters. The predicted molar refractivity (Wildman–Crippen MR) is 111 cm³/mol. The van der Waals surface area contributed by atoms with Crippen LogP contribution in [0.3, 0.4) is 0 Å². The molecule has 1 aromatic carbocycles. The molecule has 4 rings (SSSR count). The second-order valence-electron chi connectivity index (χ2n) is 6.80. The number of rotatable bonds is 3. The number of aromatic nitrogens is 3. The molecule has 7 nitrogen and oxygen atoms in total. The van der Waals surface area contributed by atoms with Gasteiger partial charge in [0.2, 0.25) is 0 Å². The fraction of sp³-hybridized carbons (Fsp3) is 0.238. The van der Waals surface area contributed by atoms with Crippen LogP contribution in [0.15, 0.2) is 42.9 Å². The summed E-state index contributed by atoms with van der Waals surface area (Å²) in [5, 5.41) is 1.73. The Morgan fingerprint density at radius 3 is 2.66 bits per heavy atom. The highest BCUT2D eigenvalue weighted by Crippen LogP contribution is 2.34. The molecule has 148 valence electrons. The van der Waals surface area contributed by atoms with Crippen LogP contribution in [0.1, 0.15) is 28.9 Å². The number of nitrogen functional groups attached to an aromatic ring is 1. The molecule has 0 atom stereocenters. The summed E-state index contributed by atoms with van der Waals surface area (Å²) in [6.45, 7) is 3.01. The van der Waals surface area contributed by atoms with Crippen LogP contribution >= 0.6 is 11.6 Å². The van der Waals surface area contributed by atoms with E-state index < -0.39 is 0 Å². The standard InChI is InChI=1S/C21H20ClN5O2/c1-13-19(15-5-7-18(23)24-11-15)20(26-12-25-13)14-4-6-16(17(22)10-14)21(28)27-8-2-3-9-29-27/h4-7,10-12H,2-3,8-9H2,1H3,(H2,23,24). The first-order chi connectivity index (χ1) is 14.0. The van der Waals surface area contributed by atoms with Crippen molar-refractivity contribution in [1.82, 2.24) is 20.0 Å². The zero-order valence-corrected chi connectivity index (χ0v) is 16.7. The lowest BCUT2D eigenvalue weighted by Crippen LogP contribution is -2.35. The largest absolute Gasteiger partial charge is 0.384 e. The van der Waals surface area contributed by atoms with E-state index in [2.05, 4.69) is 15.0 Å². The highest BCUT2D eigenvalue weighted by Gasteiger charge is 2.22. The van der Waals surface area contributed by atoms with Crippen molar-refractivity contribution in [1.29, 1.82) is 0 Å². The second-order valence-corrected chi connectivity index (χ2v) is 7.20. The van der Waals surface area contributed by atoms with Crippen LogP contribution in [-0.2, 0) is 4.84 Å². The summed E-state index contributed by atoms with van der Waals surface area (Å²) in [6.07, 6.45) is 5.07. The molecule has 3 aromatic rings. The van der Waals surface area contributed by atoms with Crippen molar-refractivity contribution in [3.8, 4) is 22.4 Å². The van der Waals surface area contributed by atoms with E-state index >= 15 is 0 Å². The van der Waals surface area contributed by atoms with Gasteiger partial charge in [0.05, 0.1) is 22.9 Å². The van der Waals surface area contributed by atoms with Crippen molar-refractivity contribution in [2.75, 3.05) is 18.9 Å². The topological polar surface area (TPSA) is 94.2 Å². The number of carbonyl (C=O) groups is 1. The van der Waals surface area contributed by atoms with Gasteiger partial charge in [-0.2, -0.15) is 0 Å². The van der Waals surface area contributed by atoms with Crippen LogP contribution in [-0.4, -0.2) is 39.1 Å². The van der Waals surface area contributed by atoms with Crippen molar-refractivity contribution in [2.45, 2.75) is 19.8 Å². The van der Waals surface area contributed by atoms with E-state index in [1.54, 1.807) is 24.4 Å². The number of aryl methyl sites for hydroxylation is 1. The van der Waals surface area contributed by atoms with Crippen LogP contribution in [0.5, 0.6) is 0 Å². The molecule has 0 radical (unpaired) electrons. The number of carbonyl (C=O) groups excluding carboxylic acids is 1. The average Bonchev–Trinajstić information content (AvgIpc) is 2.74. The quantitative estimate of drug-likeness (QED) is 0.704. The molecule has 1 fully saturated rings. The third-order valence-electron chi connectivity index (χ3n) is 4.81. The summed E-state index contributed by atoms with van der Waals surface area (Å²) in [5.41, 5.74) is 10.1. The third kappa shape index (κ3) is 3.92. The summed E-state index contributed by atoms with van der Waals surface area (Å²) in [6, 6.07) is 8.90. The van der Waals surface area contributed by atoms with Gasteiger partial charge in [0, 0.05) is 35.1 Å². The number of hydrogen-bond acceptors (Lipinski definition) is 6. The van der Waals surface area contributed by atoms with Crippen LogP contribution in [0.4, 0.5) is 5.82 Å². The van der Waals surface area contributed by atoms with Crippen molar-refractivity contribution in [2.24, 2.45) is 0 Å². The number of nitrogens with two attached hydrogens (primary N) is 1.